The molecule has 2 aromatic rings. The number of rotatable bonds is 7. The molecule has 0 aliphatic heterocycles. The van der Waals surface area contributed by atoms with Gasteiger partial charge in [-0.15, -0.1) is 0 Å². The van der Waals surface area contributed by atoms with Gasteiger partial charge < -0.3 is 10.0 Å². The topological polar surface area (TPSA) is 71.2 Å². The summed E-state index contributed by atoms with van der Waals surface area (Å²) in [6.07, 6.45) is 2.57. The van der Waals surface area contributed by atoms with E-state index in [-0.39, 0.29) is 24.5 Å². The lowest BCUT2D eigenvalue weighted by Crippen LogP contribution is -2.34. The number of hydrogen-bond acceptors (Lipinski definition) is 4. The maximum atomic E-state index is 13.0. The molecule has 2 aromatic heterocycles. The highest BCUT2D eigenvalue weighted by atomic mass is 16.3. The molecule has 24 heavy (non-hydrogen) atoms. The zero-order valence-corrected chi connectivity index (χ0v) is 15.3. The summed E-state index contributed by atoms with van der Waals surface area (Å²) in [5.74, 6) is 0.150. The summed E-state index contributed by atoms with van der Waals surface area (Å²) >= 11 is 0. The fraction of sp³-hybridized carbons (Fsp3) is 0.611. The maximum Gasteiger partial charge on any atom is 0.254 e. The van der Waals surface area contributed by atoms with Gasteiger partial charge >= 0.3 is 0 Å². The summed E-state index contributed by atoms with van der Waals surface area (Å²) in [7, 11) is 0. The summed E-state index contributed by atoms with van der Waals surface area (Å²) in [6, 6.07) is 2.05. The van der Waals surface area contributed by atoms with Gasteiger partial charge in [-0.2, -0.15) is 5.10 Å². The SMILES string of the molecule is CCCN(CCO)C(=O)c1cc(C(C)C)nc2c1cnn2C(C)C. The van der Waals surface area contributed by atoms with Gasteiger partial charge in [0.15, 0.2) is 5.65 Å². The van der Waals surface area contributed by atoms with Crippen molar-refractivity contribution in [1.82, 2.24) is 19.7 Å². The minimum absolute atomic E-state index is 0.0394. The minimum atomic E-state index is -0.0662. The highest BCUT2D eigenvalue weighted by molar-refractivity contribution is 6.05. The molecule has 0 aliphatic rings. The zero-order chi connectivity index (χ0) is 17.9. The molecule has 6 heteroatoms. The number of aliphatic hydroxyl groups is 1. The van der Waals surface area contributed by atoms with Gasteiger partial charge in [0.25, 0.3) is 5.91 Å². The van der Waals surface area contributed by atoms with Crippen LogP contribution in [0.4, 0.5) is 0 Å². The minimum Gasteiger partial charge on any atom is -0.395 e. The van der Waals surface area contributed by atoms with Gasteiger partial charge in [0.1, 0.15) is 0 Å². The van der Waals surface area contributed by atoms with Crippen molar-refractivity contribution in [2.24, 2.45) is 0 Å². The van der Waals surface area contributed by atoms with Crippen molar-refractivity contribution in [3.05, 3.63) is 23.5 Å². The molecule has 2 heterocycles. The molecule has 0 saturated heterocycles. The van der Waals surface area contributed by atoms with Crippen molar-refractivity contribution in [2.45, 2.75) is 53.0 Å². The number of aliphatic hydroxyl groups excluding tert-OH is 1. The van der Waals surface area contributed by atoms with Crippen LogP contribution in [0.1, 0.15) is 69.1 Å². The van der Waals surface area contributed by atoms with E-state index in [2.05, 4.69) is 18.9 Å². The number of amides is 1. The first kappa shape index (κ1) is 18.4. The molecule has 6 nitrogen and oxygen atoms in total. The van der Waals surface area contributed by atoms with E-state index >= 15 is 0 Å². The van der Waals surface area contributed by atoms with Crippen LogP contribution < -0.4 is 0 Å². The van der Waals surface area contributed by atoms with Crippen LogP contribution in [0.15, 0.2) is 12.3 Å². The Morgan fingerprint density at radius 2 is 2.00 bits per heavy atom. The van der Waals surface area contributed by atoms with E-state index in [1.54, 1.807) is 11.1 Å². The zero-order valence-electron chi connectivity index (χ0n) is 15.3. The standard InChI is InChI=1S/C18H28N4O2/c1-6-7-21(8-9-23)18(24)14-10-16(12(2)3)20-17-15(14)11-19-22(17)13(4)5/h10-13,23H,6-9H2,1-5H3. The average molecular weight is 332 g/mol. The second kappa shape index (κ2) is 7.75. The summed E-state index contributed by atoms with van der Waals surface area (Å²) in [5, 5.41) is 14.5. The molecule has 0 fully saturated rings. The molecule has 0 saturated carbocycles. The Balaban J connectivity index is 2.61. The molecular formula is C18H28N4O2. The Morgan fingerprint density at radius 3 is 2.54 bits per heavy atom. The van der Waals surface area contributed by atoms with Crippen LogP contribution in [0.2, 0.25) is 0 Å². The van der Waals surface area contributed by atoms with Gasteiger partial charge in [-0.3, -0.25) is 4.79 Å². The fourth-order valence-corrected chi connectivity index (χ4v) is 2.76. The van der Waals surface area contributed by atoms with Crippen molar-refractivity contribution in [1.29, 1.82) is 0 Å². The molecule has 1 amide bonds. The quantitative estimate of drug-likeness (QED) is 0.846. The molecule has 0 unspecified atom stereocenters. The van der Waals surface area contributed by atoms with Crippen LogP contribution in [-0.4, -0.2) is 50.4 Å². The average Bonchev–Trinajstić information content (AvgIpc) is 2.97. The lowest BCUT2D eigenvalue weighted by atomic mass is 10.0. The first-order valence-corrected chi connectivity index (χ1v) is 8.68. The molecule has 132 valence electrons. The number of carbonyl (C=O) groups is 1. The van der Waals surface area contributed by atoms with Crippen LogP contribution in [0.25, 0.3) is 11.0 Å². The Morgan fingerprint density at radius 1 is 1.29 bits per heavy atom. The monoisotopic (exact) mass is 332 g/mol. The molecule has 0 atom stereocenters. The molecule has 1 N–H and O–H groups in total. The van der Waals surface area contributed by atoms with Crippen molar-refractivity contribution < 1.29 is 9.90 Å². The summed E-state index contributed by atoms with van der Waals surface area (Å²) in [4.78, 5) is 19.5. The number of pyridine rings is 1. The molecule has 0 aliphatic carbocycles. The third kappa shape index (κ3) is 3.59. The highest BCUT2D eigenvalue weighted by Crippen LogP contribution is 2.25. The Bertz CT molecular complexity index is 700. The van der Waals surface area contributed by atoms with Crippen LogP contribution in [0.5, 0.6) is 0 Å². The van der Waals surface area contributed by atoms with Crippen LogP contribution in [-0.2, 0) is 0 Å². The molecule has 0 radical (unpaired) electrons. The smallest absolute Gasteiger partial charge is 0.254 e. The van der Waals surface area contributed by atoms with E-state index in [9.17, 15) is 9.90 Å². The lowest BCUT2D eigenvalue weighted by Gasteiger charge is -2.22. The molecule has 0 bridgehead atoms. The Hall–Kier alpha value is -1.95. The first-order chi connectivity index (χ1) is 11.4. The van der Waals surface area contributed by atoms with Gasteiger partial charge in [0.2, 0.25) is 0 Å². The molecule has 0 aromatic carbocycles. The second-order valence-corrected chi connectivity index (χ2v) is 6.69. The fourth-order valence-electron chi connectivity index (χ4n) is 2.76. The first-order valence-electron chi connectivity index (χ1n) is 8.68. The summed E-state index contributed by atoms with van der Waals surface area (Å²) < 4.78 is 1.86. The molecule has 2 rings (SSSR count). The maximum absolute atomic E-state index is 13.0. The van der Waals surface area contributed by atoms with Gasteiger partial charge in [0, 0.05) is 24.8 Å². The van der Waals surface area contributed by atoms with E-state index in [0.29, 0.717) is 18.7 Å². The number of aromatic nitrogens is 3. The van der Waals surface area contributed by atoms with E-state index in [1.807, 2.05) is 31.5 Å². The number of fused-ring (bicyclic) bond motifs is 1. The van der Waals surface area contributed by atoms with Crippen molar-refractivity contribution >= 4 is 16.9 Å². The summed E-state index contributed by atoms with van der Waals surface area (Å²) in [6.45, 7) is 11.2. The van der Waals surface area contributed by atoms with Crippen LogP contribution in [0, 0.1) is 0 Å². The molecule has 0 spiro atoms. The van der Waals surface area contributed by atoms with Crippen LogP contribution >= 0.6 is 0 Å². The summed E-state index contributed by atoms with van der Waals surface area (Å²) in [5.41, 5.74) is 2.26. The largest absolute Gasteiger partial charge is 0.395 e. The van der Waals surface area contributed by atoms with Gasteiger partial charge in [-0.05, 0) is 32.3 Å². The third-order valence-electron chi connectivity index (χ3n) is 4.05. The predicted octanol–water partition coefficient (Wildman–Crippen LogP) is 2.98. The van der Waals surface area contributed by atoms with E-state index < -0.39 is 0 Å². The van der Waals surface area contributed by atoms with Crippen molar-refractivity contribution in [2.75, 3.05) is 19.7 Å². The lowest BCUT2D eigenvalue weighted by molar-refractivity contribution is 0.0723. The van der Waals surface area contributed by atoms with Crippen molar-refractivity contribution in [3.63, 3.8) is 0 Å². The number of carbonyl (C=O) groups excluding carboxylic acids is 1. The van der Waals surface area contributed by atoms with E-state index in [4.69, 9.17) is 4.98 Å². The highest BCUT2D eigenvalue weighted by Gasteiger charge is 2.22. The Kier molecular flexibility index (Phi) is 5.94. The Labute approximate surface area is 143 Å². The van der Waals surface area contributed by atoms with Gasteiger partial charge in [-0.25, -0.2) is 9.67 Å². The second-order valence-electron chi connectivity index (χ2n) is 6.69. The van der Waals surface area contributed by atoms with Crippen molar-refractivity contribution in [3.8, 4) is 0 Å². The predicted molar refractivity (Wildman–Crippen MR) is 95.3 cm³/mol. The molecular weight excluding hydrogens is 304 g/mol. The number of nitrogens with zero attached hydrogens (tertiary/aromatic N) is 4. The van der Waals surface area contributed by atoms with Gasteiger partial charge in [-0.1, -0.05) is 20.8 Å². The van der Waals surface area contributed by atoms with E-state index in [0.717, 1.165) is 23.1 Å². The van der Waals surface area contributed by atoms with E-state index in [1.165, 1.54) is 0 Å². The van der Waals surface area contributed by atoms with Gasteiger partial charge in [0.05, 0.1) is 23.8 Å². The van der Waals surface area contributed by atoms with Crippen LogP contribution in [0.3, 0.4) is 0 Å². The third-order valence-corrected chi connectivity index (χ3v) is 4.05. The normalized spacial score (nSPS) is 11.7. The number of hydrogen-bond donors (Lipinski definition) is 1.